The zero-order valence-corrected chi connectivity index (χ0v) is 6.84. The van der Waals surface area contributed by atoms with Gasteiger partial charge in [-0.25, -0.2) is 0 Å². The van der Waals surface area contributed by atoms with E-state index >= 15 is 0 Å². The van der Waals surface area contributed by atoms with Crippen LogP contribution in [0.25, 0.3) is 10.4 Å². The average Bonchev–Trinajstić information content (AvgIpc) is 2.17. The minimum atomic E-state index is 0.165. The second-order valence-electron chi connectivity index (χ2n) is 2.15. The first-order valence-corrected chi connectivity index (χ1v) is 3.59. The molecule has 0 spiro atoms. The molecular formula is C9H7N3O. The van der Waals surface area contributed by atoms with Gasteiger partial charge >= 0.3 is 0 Å². The van der Waals surface area contributed by atoms with Gasteiger partial charge in [-0.3, -0.25) is 0 Å². The molecule has 0 radical (unpaired) electrons. The number of hydrogen-bond acceptors (Lipinski definition) is 2. The van der Waals surface area contributed by atoms with E-state index in [1.165, 1.54) is 0 Å². The van der Waals surface area contributed by atoms with E-state index in [4.69, 9.17) is 16.7 Å². The van der Waals surface area contributed by atoms with Crippen LogP contribution >= 0.6 is 0 Å². The van der Waals surface area contributed by atoms with Crippen LogP contribution in [0.4, 0.5) is 5.69 Å². The van der Waals surface area contributed by atoms with Crippen molar-refractivity contribution in [1.29, 1.82) is 0 Å². The summed E-state index contributed by atoms with van der Waals surface area (Å²) in [6, 6.07) is 6.89. The van der Waals surface area contributed by atoms with Crippen molar-refractivity contribution in [1.82, 2.24) is 0 Å². The van der Waals surface area contributed by atoms with Crippen molar-refractivity contribution in [3.8, 4) is 18.1 Å². The molecule has 13 heavy (non-hydrogen) atoms. The van der Waals surface area contributed by atoms with E-state index in [9.17, 15) is 0 Å². The van der Waals surface area contributed by atoms with Crippen molar-refractivity contribution in [3.05, 3.63) is 34.7 Å². The van der Waals surface area contributed by atoms with Crippen molar-refractivity contribution in [2.24, 2.45) is 5.11 Å². The third-order valence-corrected chi connectivity index (χ3v) is 1.33. The molecule has 0 fully saturated rings. The standard InChI is InChI=1S/C9H7N3O/c1-2-7-13-9-6-4-3-5-8(9)11-12-10/h1,3-6H,7H2. The number of rotatable bonds is 3. The van der Waals surface area contributed by atoms with Gasteiger partial charge in [0, 0.05) is 4.91 Å². The Balaban J connectivity index is 2.92. The van der Waals surface area contributed by atoms with Crippen LogP contribution in [-0.2, 0) is 0 Å². The molecule has 0 N–H and O–H groups in total. The van der Waals surface area contributed by atoms with Gasteiger partial charge in [-0.2, -0.15) is 0 Å². The maximum Gasteiger partial charge on any atom is 0.148 e. The second-order valence-corrected chi connectivity index (χ2v) is 2.15. The average molecular weight is 173 g/mol. The number of azide groups is 1. The van der Waals surface area contributed by atoms with E-state index in [1.807, 2.05) is 0 Å². The lowest BCUT2D eigenvalue weighted by Crippen LogP contribution is -1.92. The van der Waals surface area contributed by atoms with E-state index in [0.717, 1.165) is 0 Å². The molecule has 1 rings (SSSR count). The van der Waals surface area contributed by atoms with Gasteiger partial charge in [0.2, 0.25) is 0 Å². The monoisotopic (exact) mass is 173 g/mol. The molecule has 0 aliphatic rings. The third kappa shape index (κ3) is 2.44. The molecule has 0 aliphatic heterocycles. The lowest BCUT2D eigenvalue weighted by atomic mass is 10.3. The van der Waals surface area contributed by atoms with Crippen molar-refractivity contribution in [2.75, 3.05) is 6.61 Å². The van der Waals surface area contributed by atoms with Gasteiger partial charge in [0.1, 0.15) is 12.4 Å². The first kappa shape index (κ1) is 8.98. The molecule has 0 aromatic heterocycles. The molecular weight excluding hydrogens is 166 g/mol. The van der Waals surface area contributed by atoms with Crippen LogP contribution in [0.3, 0.4) is 0 Å². The van der Waals surface area contributed by atoms with E-state index < -0.39 is 0 Å². The zero-order valence-electron chi connectivity index (χ0n) is 6.84. The molecule has 0 aliphatic carbocycles. The van der Waals surface area contributed by atoms with Crippen molar-refractivity contribution in [2.45, 2.75) is 0 Å². The van der Waals surface area contributed by atoms with Gasteiger partial charge < -0.3 is 4.74 Å². The fraction of sp³-hybridized carbons (Fsp3) is 0.111. The summed E-state index contributed by atoms with van der Waals surface area (Å²) in [6.07, 6.45) is 5.02. The van der Waals surface area contributed by atoms with Crippen LogP contribution in [-0.4, -0.2) is 6.61 Å². The minimum absolute atomic E-state index is 0.165. The lowest BCUT2D eigenvalue weighted by molar-refractivity contribution is 0.371. The van der Waals surface area contributed by atoms with Crippen LogP contribution in [0.5, 0.6) is 5.75 Å². The van der Waals surface area contributed by atoms with Crippen LogP contribution in [0.2, 0.25) is 0 Å². The first-order chi connectivity index (χ1) is 6.38. The Morgan fingerprint density at radius 2 is 2.31 bits per heavy atom. The van der Waals surface area contributed by atoms with Gasteiger partial charge in [0.15, 0.2) is 0 Å². The topological polar surface area (TPSA) is 58.0 Å². The third-order valence-electron chi connectivity index (χ3n) is 1.33. The molecule has 0 bridgehead atoms. The number of nitrogens with zero attached hydrogens (tertiary/aromatic N) is 3. The highest BCUT2D eigenvalue weighted by atomic mass is 16.5. The Morgan fingerprint density at radius 1 is 1.54 bits per heavy atom. The normalized spacial score (nSPS) is 8.23. The van der Waals surface area contributed by atoms with E-state index in [1.54, 1.807) is 24.3 Å². The summed E-state index contributed by atoms with van der Waals surface area (Å²) in [6.45, 7) is 0.165. The number of benzene rings is 1. The fourth-order valence-corrected chi connectivity index (χ4v) is 0.829. The van der Waals surface area contributed by atoms with E-state index in [2.05, 4.69) is 15.9 Å². The van der Waals surface area contributed by atoms with Crippen LogP contribution in [0, 0.1) is 12.3 Å². The Hall–Kier alpha value is -2.11. The predicted molar refractivity (Wildman–Crippen MR) is 49.6 cm³/mol. The maximum absolute atomic E-state index is 8.23. The highest BCUT2D eigenvalue weighted by molar-refractivity contribution is 5.51. The maximum atomic E-state index is 8.23. The minimum Gasteiger partial charge on any atom is -0.480 e. The van der Waals surface area contributed by atoms with Gasteiger partial charge in [-0.15, -0.1) is 6.42 Å². The Labute approximate surface area is 75.8 Å². The van der Waals surface area contributed by atoms with Crippen molar-refractivity contribution < 1.29 is 4.74 Å². The predicted octanol–water partition coefficient (Wildman–Crippen LogP) is 2.64. The SMILES string of the molecule is C#CCOc1ccccc1N=[N+]=[N-]. The Kier molecular flexibility index (Phi) is 3.25. The summed E-state index contributed by atoms with van der Waals surface area (Å²) < 4.78 is 5.14. The molecule has 0 saturated heterocycles. The van der Waals surface area contributed by atoms with Crippen LogP contribution in [0.15, 0.2) is 29.4 Å². The van der Waals surface area contributed by atoms with E-state index in [0.29, 0.717) is 11.4 Å². The van der Waals surface area contributed by atoms with Crippen LogP contribution < -0.4 is 4.74 Å². The fourth-order valence-electron chi connectivity index (χ4n) is 0.829. The van der Waals surface area contributed by atoms with Crippen LogP contribution in [0.1, 0.15) is 0 Å². The largest absolute Gasteiger partial charge is 0.480 e. The Morgan fingerprint density at radius 3 is 3.00 bits per heavy atom. The first-order valence-electron chi connectivity index (χ1n) is 3.59. The molecule has 4 nitrogen and oxygen atoms in total. The van der Waals surface area contributed by atoms with Gasteiger partial charge in [-0.05, 0) is 17.7 Å². The highest BCUT2D eigenvalue weighted by Crippen LogP contribution is 2.26. The molecule has 64 valence electrons. The molecule has 0 unspecified atom stereocenters. The summed E-state index contributed by atoms with van der Waals surface area (Å²) in [4.78, 5) is 2.67. The van der Waals surface area contributed by atoms with Gasteiger partial charge in [-0.1, -0.05) is 23.2 Å². The summed E-state index contributed by atoms with van der Waals surface area (Å²) in [5, 5.41) is 3.45. The van der Waals surface area contributed by atoms with Gasteiger partial charge in [0.25, 0.3) is 0 Å². The number of ether oxygens (including phenoxy) is 1. The summed E-state index contributed by atoms with van der Waals surface area (Å²) in [7, 11) is 0. The number of para-hydroxylation sites is 1. The molecule has 0 saturated carbocycles. The second kappa shape index (κ2) is 4.70. The summed E-state index contributed by atoms with van der Waals surface area (Å²) in [5.41, 5.74) is 8.68. The number of terminal acetylenes is 1. The quantitative estimate of drug-likeness (QED) is 0.300. The lowest BCUT2D eigenvalue weighted by Gasteiger charge is -2.03. The molecule has 4 heteroatoms. The summed E-state index contributed by atoms with van der Waals surface area (Å²) in [5.74, 6) is 2.83. The number of hydrogen-bond donors (Lipinski definition) is 0. The van der Waals surface area contributed by atoms with E-state index in [-0.39, 0.29) is 6.61 Å². The zero-order chi connectivity index (χ0) is 9.52. The van der Waals surface area contributed by atoms with Crippen molar-refractivity contribution >= 4 is 5.69 Å². The smallest absolute Gasteiger partial charge is 0.148 e. The summed E-state index contributed by atoms with van der Waals surface area (Å²) >= 11 is 0. The Bertz CT molecular complexity index is 375. The molecule has 0 atom stereocenters. The van der Waals surface area contributed by atoms with Crippen molar-refractivity contribution in [3.63, 3.8) is 0 Å². The van der Waals surface area contributed by atoms with Gasteiger partial charge in [0.05, 0.1) is 5.69 Å². The molecule has 1 aromatic rings. The molecule has 1 aromatic carbocycles. The molecule has 0 amide bonds. The molecule has 0 heterocycles. The highest BCUT2D eigenvalue weighted by Gasteiger charge is 1.98.